The van der Waals surface area contributed by atoms with Gasteiger partial charge in [-0.1, -0.05) is 84.1 Å². The van der Waals surface area contributed by atoms with Crippen LogP contribution in [0.2, 0.25) is 0 Å². The summed E-state index contributed by atoms with van der Waals surface area (Å²) in [6, 6.07) is 0. The van der Waals surface area contributed by atoms with Crippen LogP contribution in [0.15, 0.2) is 12.7 Å². The van der Waals surface area contributed by atoms with Crippen LogP contribution in [0.3, 0.4) is 0 Å². The number of hydrogen-bond acceptors (Lipinski definition) is 4. The number of ketones is 1. The number of aldehydes is 1. The van der Waals surface area contributed by atoms with E-state index in [4.69, 9.17) is 0 Å². The van der Waals surface area contributed by atoms with E-state index < -0.39 is 23.3 Å². The van der Waals surface area contributed by atoms with Crippen LogP contribution < -0.4 is 0 Å². The zero-order chi connectivity index (χ0) is 22.8. The largest absolute Gasteiger partial charge is 0.480 e. The molecule has 2 N–H and O–H groups in total. The fourth-order valence-electron chi connectivity index (χ4n) is 4.16. The van der Waals surface area contributed by atoms with Gasteiger partial charge in [-0.25, -0.2) is 0 Å². The van der Waals surface area contributed by atoms with Crippen molar-refractivity contribution in [2.24, 2.45) is 11.3 Å². The highest BCUT2D eigenvalue weighted by molar-refractivity contribution is 6.08. The van der Waals surface area contributed by atoms with Gasteiger partial charge < -0.3 is 15.0 Å². The predicted molar refractivity (Wildman–Crippen MR) is 121 cm³/mol. The molecule has 0 aromatic carbocycles. The van der Waals surface area contributed by atoms with Gasteiger partial charge in [0.15, 0.2) is 5.78 Å². The van der Waals surface area contributed by atoms with E-state index in [0.717, 1.165) is 50.9 Å². The zero-order valence-corrected chi connectivity index (χ0v) is 19.2. The lowest BCUT2D eigenvalue weighted by Gasteiger charge is -2.28. The molecule has 0 bridgehead atoms. The first-order valence-corrected chi connectivity index (χ1v) is 11.9. The van der Waals surface area contributed by atoms with Gasteiger partial charge in [0.2, 0.25) is 0 Å². The quantitative estimate of drug-likeness (QED) is 0.104. The predicted octanol–water partition coefficient (Wildman–Crippen LogP) is 5.88. The zero-order valence-electron chi connectivity index (χ0n) is 19.2. The minimum Gasteiger partial charge on any atom is -0.480 e. The highest BCUT2D eigenvalue weighted by Crippen LogP contribution is 2.33. The van der Waals surface area contributed by atoms with Crippen molar-refractivity contribution in [3.8, 4) is 0 Å². The van der Waals surface area contributed by atoms with Crippen LogP contribution in [0.4, 0.5) is 0 Å². The van der Waals surface area contributed by atoms with Gasteiger partial charge in [0.1, 0.15) is 11.7 Å². The molecule has 5 nitrogen and oxygen atoms in total. The Hall–Kier alpha value is -1.49. The van der Waals surface area contributed by atoms with E-state index in [9.17, 15) is 24.6 Å². The third-order valence-electron chi connectivity index (χ3n) is 6.01. The Kier molecular flexibility index (Phi) is 16.4. The number of carboxylic acid groups (broad SMARTS) is 1. The molecule has 0 aromatic heterocycles. The van der Waals surface area contributed by atoms with Crippen LogP contribution in [-0.4, -0.2) is 34.4 Å². The molecule has 0 aliphatic carbocycles. The van der Waals surface area contributed by atoms with Gasteiger partial charge in [0.25, 0.3) is 0 Å². The third kappa shape index (κ3) is 11.6. The molecule has 0 aromatic rings. The maximum atomic E-state index is 12.2. The van der Waals surface area contributed by atoms with Crippen LogP contribution in [0.25, 0.3) is 0 Å². The summed E-state index contributed by atoms with van der Waals surface area (Å²) in [5.74, 6) is -1.60. The average molecular weight is 425 g/mol. The number of aliphatic hydroxyl groups excluding tert-OH is 1. The number of allylic oxidation sites excluding steroid dienone is 1. The first kappa shape index (κ1) is 28.5. The van der Waals surface area contributed by atoms with Crippen LogP contribution in [-0.2, 0) is 14.4 Å². The molecule has 30 heavy (non-hydrogen) atoms. The summed E-state index contributed by atoms with van der Waals surface area (Å²) in [6.07, 6.45) is 15.2. The van der Waals surface area contributed by atoms with Crippen LogP contribution >= 0.6 is 0 Å². The molecule has 0 fully saturated rings. The van der Waals surface area contributed by atoms with E-state index >= 15 is 0 Å². The fourth-order valence-corrected chi connectivity index (χ4v) is 4.16. The minimum atomic E-state index is -1.58. The van der Waals surface area contributed by atoms with Gasteiger partial charge in [-0.3, -0.25) is 9.59 Å². The van der Waals surface area contributed by atoms with Gasteiger partial charge in [-0.2, -0.15) is 0 Å². The number of carboxylic acids is 1. The summed E-state index contributed by atoms with van der Waals surface area (Å²) in [5.41, 5.74) is -1.58. The van der Waals surface area contributed by atoms with Crippen molar-refractivity contribution in [1.82, 2.24) is 0 Å². The minimum absolute atomic E-state index is 0.0984. The summed E-state index contributed by atoms with van der Waals surface area (Å²) in [4.78, 5) is 35.3. The molecule has 0 heterocycles. The molecule has 0 amide bonds. The highest BCUT2D eigenvalue weighted by Gasteiger charge is 2.44. The third-order valence-corrected chi connectivity index (χ3v) is 6.01. The van der Waals surface area contributed by atoms with Crippen molar-refractivity contribution in [3.05, 3.63) is 12.7 Å². The monoisotopic (exact) mass is 424 g/mol. The van der Waals surface area contributed by atoms with E-state index in [0.29, 0.717) is 6.42 Å². The van der Waals surface area contributed by atoms with Gasteiger partial charge in [0.05, 0.1) is 6.10 Å². The first-order chi connectivity index (χ1) is 14.3. The van der Waals surface area contributed by atoms with E-state index in [1.165, 1.54) is 45.4 Å². The Balaban J connectivity index is 4.17. The molecule has 174 valence electrons. The molecular weight excluding hydrogens is 380 g/mol. The smallest absolute Gasteiger partial charge is 0.317 e. The lowest BCUT2D eigenvalue weighted by Crippen LogP contribution is -2.41. The van der Waals surface area contributed by atoms with Gasteiger partial charge >= 0.3 is 5.97 Å². The number of aliphatic carboxylic acids is 1. The van der Waals surface area contributed by atoms with Gasteiger partial charge in [0, 0.05) is 5.92 Å². The van der Waals surface area contributed by atoms with Crippen LogP contribution in [0, 0.1) is 11.3 Å². The Bertz CT molecular complexity index is 500. The molecule has 0 saturated heterocycles. The SMILES string of the molecule is C=CC(=O)C(CCCCCCC(C=O)CCCCCCCCC)(CC(C)O)C(=O)O. The Labute approximate surface area is 183 Å². The number of hydrogen-bond donors (Lipinski definition) is 2. The lowest BCUT2D eigenvalue weighted by molar-refractivity contribution is -0.156. The Morgan fingerprint density at radius 3 is 1.87 bits per heavy atom. The number of carbonyl (C=O) groups excluding carboxylic acids is 2. The van der Waals surface area contributed by atoms with E-state index in [1.807, 2.05) is 0 Å². The molecule has 0 aliphatic heterocycles. The molecule has 3 unspecified atom stereocenters. The molecule has 0 spiro atoms. The molecule has 0 aliphatic rings. The number of unbranched alkanes of at least 4 members (excludes halogenated alkanes) is 9. The van der Waals surface area contributed by atoms with Crippen molar-refractivity contribution in [1.29, 1.82) is 0 Å². The molecule has 5 heteroatoms. The number of rotatable bonds is 21. The second-order valence-electron chi connectivity index (χ2n) is 8.77. The lowest BCUT2D eigenvalue weighted by atomic mass is 9.74. The average Bonchev–Trinajstić information content (AvgIpc) is 2.71. The van der Waals surface area contributed by atoms with Crippen LogP contribution in [0.1, 0.15) is 110 Å². The summed E-state index contributed by atoms with van der Waals surface area (Å²) in [6.45, 7) is 7.14. The van der Waals surface area contributed by atoms with Crippen LogP contribution in [0.5, 0.6) is 0 Å². The molecular formula is C25H44O5. The topological polar surface area (TPSA) is 91.7 Å². The van der Waals surface area contributed by atoms with E-state index in [-0.39, 0.29) is 18.8 Å². The standard InChI is InChI=1S/C25H44O5/c1-4-6-7-8-9-10-13-16-22(20-26)17-14-11-12-15-18-25(24(29)30,19-21(3)27)23(28)5-2/h5,20-22,27H,2,4,6-19H2,1,3H3,(H,29,30). The first-order valence-electron chi connectivity index (χ1n) is 11.9. The summed E-state index contributed by atoms with van der Waals surface area (Å²) >= 11 is 0. The van der Waals surface area contributed by atoms with E-state index in [1.54, 1.807) is 0 Å². The number of carbonyl (C=O) groups is 3. The van der Waals surface area contributed by atoms with Gasteiger partial charge in [-0.05, 0) is 38.7 Å². The normalized spacial score (nSPS) is 15.2. The molecule has 0 radical (unpaired) electrons. The maximum Gasteiger partial charge on any atom is 0.317 e. The highest BCUT2D eigenvalue weighted by atomic mass is 16.4. The Morgan fingerprint density at radius 2 is 1.43 bits per heavy atom. The molecule has 0 saturated carbocycles. The molecule has 0 rings (SSSR count). The van der Waals surface area contributed by atoms with Crippen molar-refractivity contribution in [3.63, 3.8) is 0 Å². The van der Waals surface area contributed by atoms with Gasteiger partial charge in [-0.15, -0.1) is 0 Å². The summed E-state index contributed by atoms with van der Waals surface area (Å²) in [5, 5.41) is 19.3. The van der Waals surface area contributed by atoms with E-state index in [2.05, 4.69) is 13.5 Å². The summed E-state index contributed by atoms with van der Waals surface area (Å²) in [7, 11) is 0. The van der Waals surface area contributed by atoms with Crippen molar-refractivity contribution in [2.75, 3.05) is 0 Å². The van der Waals surface area contributed by atoms with Crippen molar-refractivity contribution in [2.45, 2.75) is 116 Å². The van der Waals surface area contributed by atoms with Crippen molar-refractivity contribution >= 4 is 18.0 Å². The fraction of sp³-hybridized carbons (Fsp3) is 0.800. The summed E-state index contributed by atoms with van der Waals surface area (Å²) < 4.78 is 0. The second-order valence-corrected chi connectivity index (χ2v) is 8.77. The second kappa shape index (κ2) is 17.2. The molecule has 3 atom stereocenters. The number of aliphatic hydroxyl groups is 1. The van der Waals surface area contributed by atoms with Crippen molar-refractivity contribution < 1.29 is 24.6 Å². The maximum absolute atomic E-state index is 12.2. The Morgan fingerprint density at radius 1 is 0.933 bits per heavy atom.